The van der Waals surface area contributed by atoms with Crippen LogP contribution in [-0.2, 0) is 6.54 Å². The summed E-state index contributed by atoms with van der Waals surface area (Å²) < 4.78 is 0. The van der Waals surface area contributed by atoms with Crippen LogP contribution in [0.4, 0.5) is 11.5 Å². The van der Waals surface area contributed by atoms with E-state index in [2.05, 4.69) is 9.97 Å². The normalized spacial score (nSPS) is 10.3. The van der Waals surface area contributed by atoms with Crippen LogP contribution in [0.3, 0.4) is 0 Å². The first-order valence-electron chi connectivity index (χ1n) is 5.60. The number of aromatic nitrogens is 2. The SMILES string of the molecule is CN(Cc1ccc(Cl)nc1)c1nc(Cl)ccc1[N+](=O)[O-]. The molecule has 0 saturated heterocycles. The third kappa shape index (κ3) is 3.34. The van der Waals surface area contributed by atoms with Crippen LogP contribution in [0, 0.1) is 10.1 Å². The molecule has 0 aromatic carbocycles. The highest BCUT2D eigenvalue weighted by molar-refractivity contribution is 6.29. The predicted molar refractivity (Wildman–Crippen MR) is 77.3 cm³/mol. The fourth-order valence-electron chi connectivity index (χ4n) is 1.69. The van der Waals surface area contributed by atoms with Crippen molar-refractivity contribution in [1.29, 1.82) is 0 Å². The fourth-order valence-corrected chi connectivity index (χ4v) is 1.94. The second-order valence-corrected chi connectivity index (χ2v) is 4.85. The Morgan fingerprint density at radius 1 is 1.25 bits per heavy atom. The molecule has 2 aromatic heterocycles. The molecule has 0 aliphatic rings. The lowest BCUT2D eigenvalue weighted by Gasteiger charge is -2.18. The molecule has 0 aliphatic heterocycles. The molecule has 20 heavy (non-hydrogen) atoms. The van der Waals surface area contributed by atoms with Crippen LogP contribution in [-0.4, -0.2) is 21.9 Å². The summed E-state index contributed by atoms with van der Waals surface area (Å²) in [6.45, 7) is 0.401. The zero-order chi connectivity index (χ0) is 14.7. The lowest BCUT2D eigenvalue weighted by atomic mass is 10.2. The lowest BCUT2D eigenvalue weighted by molar-refractivity contribution is -0.384. The van der Waals surface area contributed by atoms with Crippen molar-refractivity contribution in [2.75, 3.05) is 11.9 Å². The first kappa shape index (κ1) is 14.5. The average molecular weight is 313 g/mol. The number of nitrogens with zero attached hydrogens (tertiary/aromatic N) is 4. The summed E-state index contributed by atoms with van der Waals surface area (Å²) in [6.07, 6.45) is 1.61. The van der Waals surface area contributed by atoms with Crippen molar-refractivity contribution in [2.45, 2.75) is 6.54 Å². The van der Waals surface area contributed by atoms with Gasteiger partial charge in [-0.3, -0.25) is 10.1 Å². The van der Waals surface area contributed by atoms with E-state index in [4.69, 9.17) is 23.2 Å². The molecule has 0 radical (unpaired) electrons. The predicted octanol–water partition coefficient (Wildman–Crippen LogP) is 3.33. The maximum absolute atomic E-state index is 11.0. The van der Waals surface area contributed by atoms with Crippen molar-refractivity contribution in [2.24, 2.45) is 0 Å². The highest BCUT2D eigenvalue weighted by Gasteiger charge is 2.19. The number of hydrogen-bond donors (Lipinski definition) is 0. The van der Waals surface area contributed by atoms with E-state index in [0.29, 0.717) is 11.7 Å². The Hall–Kier alpha value is -1.92. The summed E-state index contributed by atoms with van der Waals surface area (Å²) in [5.41, 5.74) is 0.756. The van der Waals surface area contributed by atoms with E-state index in [1.54, 1.807) is 30.3 Å². The molecule has 104 valence electrons. The molecular formula is C12H10Cl2N4O2. The van der Waals surface area contributed by atoms with Crippen molar-refractivity contribution in [3.05, 3.63) is 56.4 Å². The van der Waals surface area contributed by atoms with Crippen LogP contribution in [0.15, 0.2) is 30.5 Å². The van der Waals surface area contributed by atoms with Gasteiger partial charge in [0.1, 0.15) is 10.3 Å². The first-order valence-corrected chi connectivity index (χ1v) is 6.35. The Bertz CT molecular complexity index is 634. The molecule has 0 aliphatic carbocycles. The van der Waals surface area contributed by atoms with Crippen LogP contribution in [0.1, 0.15) is 5.56 Å². The van der Waals surface area contributed by atoms with Crippen molar-refractivity contribution in [3.8, 4) is 0 Å². The zero-order valence-corrected chi connectivity index (χ0v) is 12.0. The topological polar surface area (TPSA) is 72.2 Å². The first-order chi connectivity index (χ1) is 9.47. The van der Waals surface area contributed by atoms with Crippen molar-refractivity contribution in [1.82, 2.24) is 9.97 Å². The molecule has 2 rings (SSSR count). The van der Waals surface area contributed by atoms with E-state index in [1.807, 2.05) is 0 Å². The molecule has 0 N–H and O–H groups in total. The Kier molecular flexibility index (Phi) is 4.36. The van der Waals surface area contributed by atoms with Crippen molar-refractivity contribution in [3.63, 3.8) is 0 Å². The van der Waals surface area contributed by atoms with Crippen LogP contribution < -0.4 is 4.90 Å². The molecule has 0 amide bonds. The number of halogens is 2. The second-order valence-electron chi connectivity index (χ2n) is 4.08. The summed E-state index contributed by atoms with van der Waals surface area (Å²) in [5.74, 6) is 0.206. The molecular weight excluding hydrogens is 303 g/mol. The fraction of sp³-hybridized carbons (Fsp3) is 0.167. The van der Waals surface area contributed by atoms with Gasteiger partial charge in [0, 0.05) is 25.9 Å². The summed E-state index contributed by atoms with van der Waals surface area (Å²) in [5, 5.41) is 11.6. The lowest BCUT2D eigenvalue weighted by Crippen LogP contribution is -2.19. The van der Waals surface area contributed by atoms with Crippen molar-refractivity contribution < 1.29 is 4.92 Å². The minimum absolute atomic E-state index is 0.0983. The highest BCUT2D eigenvalue weighted by Crippen LogP contribution is 2.27. The molecule has 0 atom stereocenters. The molecule has 0 bridgehead atoms. The number of pyridine rings is 2. The minimum Gasteiger partial charge on any atom is -0.350 e. The van der Waals surface area contributed by atoms with Gasteiger partial charge in [0.2, 0.25) is 5.82 Å². The Balaban J connectivity index is 2.28. The van der Waals surface area contributed by atoms with Crippen molar-refractivity contribution >= 4 is 34.7 Å². The molecule has 2 heterocycles. The summed E-state index contributed by atoms with van der Waals surface area (Å²) in [4.78, 5) is 20.1. The standard InChI is InChI=1S/C12H10Cl2N4O2/c1-17(7-8-2-4-10(13)15-6-8)12-9(18(19)20)3-5-11(14)16-12/h2-6H,7H2,1H3. The van der Waals surface area contributed by atoms with Crippen LogP contribution in [0.2, 0.25) is 10.3 Å². The van der Waals surface area contributed by atoms with Crippen LogP contribution >= 0.6 is 23.2 Å². The molecule has 0 spiro atoms. The molecule has 0 unspecified atom stereocenters. The number of nitro groups is 1. The van der Waals surface area contributed by atoms with E-state index < -0.39 is 4.92 Å². The van der Waals surface area contributed by atoms with Gasteiger partial charge < -0.3 is 4.90 Å². The summed E-state index contributed by atoms with van der Waals surface area (Å²) >= 11 is 11.5. The van der Waals surface area contributed by atoms with Gasteiger partial charge in [-0.15, -0.1) is 0 Å². The van der Waals surface area contributed by atoms with E-state index in [9.17, 15) is 10.1 Å². The Morgan fingerprint density at radius 3 is 2.55 bits per heavy atom. The minimum atomic E-state index is -0.491. The third-order valence-electron chi connectivity index (χ3n) is 2.59. The van der Waals surface area contributed by atoms with Gasteiger partial charge in [-0.25, -0.2) is 9.97 Å². The van der Waals surface area contributed by atoms with Gasteiger partial charge in [0.25, 0.3) is 0 Å². The van der Waals surface area contributed by atoms with Crippen LogP contribution in [0.25, 0.3) is 0 Å². The monoisotopic (exact) mass is 312 g/mol. The molecule has 0 fully saturated rings. The number of anilines is 1. The van der Waals surface area contributed by atoms with Crippen LogP contribution in [0.5, 0.6) is 0 Å². The maximum Gasteiger partial charge on any atom is 0.311 e. The quantitative estimate of drug-likeness (QED) is 0.492. The molecule has 2 aromatic rings. The van der Waals surface area contributed by atoms with E-state index in [0.717, 1.165) is 5.56 Å². The van der Waals surface area contributed by atoms with Gasteiger partial charge in [-0.2, -0.15) is 0 Å². The largest absolute Gasteiger partial charge is 0.350 e. The molecule has 0 saturated carbocycles. The maximum atomic E-state index is 11.0. The molecule has 8 heteroatoms. The average Bonchev–Trinajstić information content (AvgIpc) is 2.41. The number of hydrogen-bond acceptors (Lipinski definition) is 5. The second kappa shape index (κ2) is 6.02. The third-order valence-corrected chi connectivity index (χ3v) is 3.02. The van der Waals surface area contributed by atoms with Gasteiger partial charge in [0.05, 0.1) is 4.92 Å². The van der Waals surface area contributed by atoms with Gasteiger partial charge in [-0.05, 0) is 17.7 Å². The zero-order valence-electron chi connectivity index (χ0n) is 10.5. The van der Waals surface area contributed by atoms with Gasteiger partial charge >= 0.3 is 5.69 Å². The van der Waals surface area contributed by atoms with Gasteiger partial charge in [-0.1, -0.05) is 29.3 Å². The van der Waals surface area contributed by atoms with E-state index in [1.165, 1.54) is 12.1 Å². The molecule has 6 nitrogen and oxygen atoms in total. The van der Waals surface area contributed by atoms with E-state index in [-0.39, 0.29) is 16.7 Å². The Labute approximate surface area is 125 Å². The van der Waals surface area contributed by atoms with Gasteiger partial charge in [0.15, 0.2) is 0 Å². The van der Waals surface area contributed by atoms with E-state index >= 15 is 0 Å². The highest BCUT2D eigenvalue weighted by atomic mass is 35.5. The summed E-state index contributed by atoms with van der Waals surface area (Å²) in [6, 6.07) is 6.18. The smallest absolute Gasteiger partial charge is 0.311 e. The summed E-state index contributed by atoms with van der Waals surface area (Å²) in [7, 11) is 1.69. The number of rotatable bonds is 4. The Morgan fingerprint density at radius 2 is 1.95 bits per heavy atom.